The van der Waals surface area contributed by atoms with Crippen LogP contribution >= 0.6 is 0 Å². The number of likely N-dealkylation sites (N-methyl/N-ethyl adjacent to an activating group) is 1. The molecule has 0 radical (unpaired) electrons. The van der Waals surface area contributed by atoms with Crippen LogP contribution in [0.2, 0.25) is 0 Å². The fraction of sp³-hybridized carbons (Fsp3) is 1.00. The third-order valence-corrected chi connectivity index (χ3v) is 4.38. The second-order valence-electron chi connectivity index (χ2n) is 5.56. The molecule has 2 fully saturated rings. The van der Waals surface area contributed by atoms with Crippen molar-refractivity contribution in [3.8, 4) is 0 Å². The van der Waals surface area contributed by atoms with Crippen LogP contribution in [0, 0.1) is 5.92 Å². The standard InChI is InChI=1S/C13H26N2/c1-11-8-9-14-13(11)10-15(2)12-6-4-3-5-7-12/h11-14H,3-10H2,1-2H3. The van der Waals surface area contributed by atoms with Gasteiger partial charge in [-0.1, -0.05) is 26.2 Å². The normalized spacial score (nSPS) is 33.8. The molecule has 2 unspecified atom stereocenters. The highest BCUT2D eigenvalue weighted by Gasteiger charge is 2.26. The van der Waals surface area contributed by atoms with E-state index < -0.39 is 0 Å². The summed E-state index contributed by atoms with van der Waals surface area (Å²) in [6.45, 7) is 4.87. The van der Waals surface area contributed by atoms with E-state index in [1.165, 1.54) is 51.6 Å². The first kappa shape index (κ1) is 11.4. The second kappa shape index (κ2) is 5.31. The number of hydrogen-bond acceptors (Lipinski definition) is 2. The van der Waals surface area contributed by atoms with Crippen LogP contribution in [0.4, 0.5) is 0 Å². The molecule has 0 spiro atoms. The fourth-order valence-corrected chi connectivity index (χ4v) is 3.12. The van der Waals surface area contributed by atoms with Crippen LogP contribution in [0.25, 0.3) is 0 Å². The molecule has 15 heavy (non-hydrogen) atoms. The molecule has 2 aliphatic rings. The molecule has 0 aromatic heterocycles. The van der Waals surface area contributed by atoms with Crippen LogP contribution in [0.3, 0.4) is 0 Å². The van der Waals surface area contributed by atoms with Gasteiger partial charge in [-0.25, -0.2) is 0 Å². The Morgan fingerprint density at radius 2 is 1.87 bits per heavy atom. The summed E-state index contributed by atoms with van der Waals surface area (Å²) < 4.78 is 0. The molecule has 2 atom stereocenters. The molecule has 1 aliphatic heterocycles. The van der Waals surface area contributed by atoms with Gasteiger partial charge in [0.05, 0.1) is 0 Å². The number of nitrogens with one attached hydrogen (secondary N) is 1. The Balaban J connectivity index is 1.77. The van der Waals surface area contributed by atoms with Gasteiger partial charge in [0.2, 0.25) is 0 Å². The van der Waals surface area contributed by atoms with E-state index in [-0.39, 0.29) is 0 Å². The van der Waals surface area contributed by atoms with E-state index in [0.717, 1.165) is 18.0 Å². The van der Waals surface area contributed by atoms with Crippen LogP contribution in [-0.4, -0.2) is 37.1 Å². The monoisotopic (exact) mass is 210 g/mol. The predicted octanol–water partition coefficient (Wildman–Crippen LogP) is 2.25. The van der Waals surface area contributed by atoms with Crippen molar-refractivity contribution >= 4 is 0 Å². The van der Waals surface area contributed by atoms with Crippen LogP contribution in [0.5, 0.6) is 0 Å². The first-order chi connectivity index (χ1) is 7.27. The lowest BCUT2D eigenvalue weighted by Gasteiger charge is -2.33. The smallest absolute Gasteiger partial charge is 0.0221 e. The molecule has 0 bridgehead atoms. The average Bonchev–Trinajstić information content (AvgIpc) is 2.66. The number of rotatable bonds is 3. The van der Waals surface area contributed by atoms with Gasteiger partial charge in [0.25, 0.3) is 0 Å². The summed E-state index contributed by atoms with van der Waals surface area (Å²) in [4.78, 5) is 2.61. The molecular weight excluding hydrogens is 184 g/mol. The van der Waals surface area contributed by atoms with Gasteiger partial charge >= 0.3 is 0 Å². The van der Waals surface area contributed by atoms with Gasteiger partial charge in [0.1, 0.15) is 0 Å². The first-order valence-corrected chi connectivity index (χ1v) is 6.71. The molecule has 1 saturated heterocycles. The summed E-state index contributed by atoms with van der Waals surface area (Å²) in [6, 6.07) is 1.62. The maximum atomic E-state index is 3.63. The summed E-state index contributed by atoms with van der Waals surface area (Å²) in [6.07, 6.45) is 8.58. The second-order valence-corrected chi connectivity index (χ2v) is 5.56. The van der Waals surface area contributed by atoms with E-state index in [1.807, 2.05) is 0 Å². The van der Waals surface area contributed by atoms with Crippen molar-refractivity contribution < 1.29 is 0 Å². The zero-order valence-electron chi connectivity index (χ0n) is 10.3. The van der Waals surface area contributed by atoms with Crippen molar-refractivity contribution in [2.75, 3.05) is 20.1 Å². The number of nitrogens with zero attached hydrogens (tertiary/aromatic N) is 1. The lowest BCUT2D eigenvalue weighted by atomic mass is 9.93. The van der Waals surface area contributed by atoms with E-state index in [1.54, 1.807) is 0 Å². The Morgan fingerprint density at radius 1 is 1.13 bits per heavy atom. The Labute approximate surface area is 94.4 Å². The first-order valence-electron chi connectivity index (χ1n) is 6.71. The van der Waals surface area contributed by atoms with Gasteiger partial charge in [-0.3, -0.25) is 0 Å². The molecular formula is C13H26N2. The van der Waals surface area contributed by atoms with Gasteiger partial charge in [0, 0.05) is 18.6 Å². The molecule has 1 saturated carbocycles. The van der Waals surface area contributed by atoms with Crippen LogP contribution in [0.15, 0.2) is 0 Å². The highest BCUT2D eigenvalue weighted by Crippen LogP contribution is 2.23. The molecule has 2 rings (SSSR count). The van der Waals surface area contributed by atoms with Crippen molar-refractivity contribution in [2.24, 2.45) is 5.92 Å². The largest absolute Gasteiger partial charge is 0.312 e. The van der Waals surface area contributed by atoms with Crippen molar-refractivity contribution in [1.82, 2.24) is 10.2 Å². The summed E-state index contributed by atoms with van der Waals surface area (Å²) in [5.74, 6) is 0.871. The molecule has 1 heterocycles. The molecule has 0 aromatic rings. The van der Waals surface area contributed by atoms with Crippen molar-refractivity contribution in [2.45, 2.75) is 57.5 Å². The maximum Gasteiger partial charge on any atom is 0.0221 e. The quantitative estimate of drug-likeness (QED) is 0.768. The van der Waals surface area contributed by atoms with Crippen molar-refractivity contribution in [1.29, 1.82) is 0 Å². The average molecular weight is 210 g/mol. The highest BCUT2D eigenvalue weighted by molar-refractivity contribution is 4.85. The number of hydrogen-bond donors (Lipinski definition) is 1. The van der Waals surface area contributed by atoms with Gasteiger partial charge in [-0.2, -0.15) is 0 Å². The van der Waals surface area contributed by atoms with E-state index in [0.29, 0.717) is 0 Å². The van der Waals surface area contributed by atoms with Crippen LogP contribution in [-0.2, 0) is 0 Å². The van der Waals surface area contributed by atoms with Crippen LogP contribution in [0.1, 0.15) is 45.4 Å². The Hall–Kier alpha value is -0.0800. The molecule has 2 nitrogen and oxygen atoms in total. The molecule has 0 aromatic carbocycles. The Kier molecular flexibility index (Phi) is 4.04. The van der Waals surface area contributed by atoms with Gasteiger partial charge < -0.3 is 10.2 Å². The lowest BCUT2D eigenvalue weighted by Crippen LogP contribution is -2.43. The molecule has 0 amide bonds. The van der Waals surface area contributed by atoms with E-state index in [2.05, 4.69) is 24.2 Å². The van der Waals surface area contributed by atoms with E-state index >= 15 is 0 Å². The van der Waals surface area contributed by atoms with Gasteiger partial charge in [0.15, 0.2) is 0 Å². The SMILES string of the molecule is CC1CCNC1CN(C)C1CCCCC1. The van der Waals surface area contributed by atoms with E-state index in [9.17, 15) is 0 Å². The Bertz CT molecular complexity index is 187. The van der Waals surface area contributed by atoms with Crippen molar-refractivity contribution in [3.63, 3.8) is 0 Å². The van der Waals surface area contributed by atoms with E-state index in [4.69, 9.17) is 0 Å². The summed E-state index contributed by atoms with van der Waals surface area (Å²) in [5.41, 5.74) is 0. The molecule has 2 heteroatoms. The van der Waals surface area contributed by atoms with Crippen molar-refractivity contribution in [3.05, 3.63) is 0 Å². The zero-order chi connectivity index (χ0) is 10.7. The minimum atomic E-state index is 0.747. The zero-order valence-corrected chi connectivity index (χ0v) is 10.3. The topological polar surface area (TPSA) is 15.3 Å². The summed E-state index contributed by atoms with van der Waals surface area (Å²) >= 11 is 0. The predicted molar refractivity (Wildman–Crippen MR) is 65.1 cm³/mol. The third-order valence-electron chi connectivity index (χ3n) is 4.38. The fourth-order valence-electron chi connectivity index (χ4n) is 3.12. The Morgan fingerprint density at radius 3 is 2.47 bits per heavy atom. The minimum absolute atomic E-state index is 0.747. The maximum absolute atomic E-state index is 3.63. The molecule has 88 valence electrons. The third kappa shape index (κ3) is 2.94. The molecule has 1 aliphatic carbocycles. The summed E-state index contributed by atoms with van der Waals surface area (Å²) in [5, 5.41) is 3.63. The van der Waals surface area contributed by atoms with Crippen LogP contribution < -0.4 is 5.32 Å². The minimum Gasteiger partial charge on any atom is -0.312 e. The highest BCUT2D eigenvalue weighted by atomic mass is 15.2. The summed E-state index contributed by atoms with van der Waals surface area (Å²) in [7, 11) is 2.32. The molecule has 1 N–H and O–H groups in total. The lowest BCUT2D eigenvalue weighted by molar-refractivity contribution is 0.170. The van der Waals surface area contributed by atoms with Gasteiger partial charge in [-0.05, 0) is 38.8 Å². The van der Waals surface area contributed by atoms with Gasteiger partial charge in [-0.15, -0.1) is 0 Å².